The lowest BCUT2D eigenvalue weighted by atomic mass is 10.1. The molecule has 6 nitrogen and oxygen atoms in total. The highest BCUT2D eigenvalue weighted by Gasteiger charge is 2.36. The maximum absolute atomic E-state index is 12.7. The number of ether oxygens (including phenoxy) is 1. The molecule has 0 aromatic heterocycles. The van der Waals surface area contributed by atoms with Crippen LogP contribution >= 0.6 is 15.9 Å². The molecule has 2 aromatic rings. The molecule has 0 aliphatic carbocycles. The van der Waals surface area contributed by atoms with E-state index in [2.05, 4.69) is 21.2 Å². The summed E-state index contributed by atoms with van der Waals surface area (Å²) in [6, 6.07) is 12.8. The van der Waals surface area contributed by atoms with E-state index < -0.39 is 17.8 Å². The molecule has 0 spiro atoms. The van der Waals surface area contributed by atoms with E-state index in [1.54, 1.807) is 55.6 Å². The van der Waals surface area contributed by atoms with Crippen molar-refractivity contribution in [3.8, 4) is 5.75 Å². The average molecular weight is 401 g/mol. The number of benzene rings is 2. The molecule has 0 unspecified atom stereocenters. The number of urea groups is 1. The highest BCUT2D eigenvalue weighted by Crippen LogP contribution is 2.25. The monoisotopic (exact) mass is 400 g/mol. The van der Waals surface area contributed by atoms with E-state index in [-0.39, 0.29) is 5.57 Å². The van der Waals surface area contributed by atoms with Crippen LogP contribution in [-0.2, 0) is 9.59 Å². The lowest BCUT2D eigenvalue weighted by Gasteiger charge is -2.26. The molecule has 25 heavy (non-hydrogen) atoms. The second-order valence-electron chi connectivity index (χ2n) is 5.21. The van der Waals surface area contributed by atoms with E-state index in [1.165, 1.54) is 6.08 Å². The summed E-state index contributed by atoms with van der Waals surface area (Å²) in [7, 11) is 1.55. The maximum Gasteiger partial charge on any atom is 0.335 e. The summed E-state index contributed by atoms with van der Waals surface area (Å²) in [6.07, 6.45) is 1.44. The quantitative estimate of drug-likeness (QED) is 0.634. The fraction of sp³-hybridized carbons (Fsp3) is 0.0556. The summed E-state index contributed by atoms with van der Waals surface area (Å²) in [5, 5.41) is 2.19. The zero-order valence-corrected chi connectivity index (χ0v) is 14.7. The third-order valence-electron chi connectivity index (χ3n) is 3.59. The number of barbiturate groups is 1. The predicted octanol–water partition coefficient (Wildman–Crippen LogP) is 3.12. The van der Waals surface area contributed by atoms with Crippen LogP contribution in [0.4, 0.5) is 10.5 Å². The molecule has 1 fully saturated rings. The molecule has 2 aromatic carbocycles. The number of halogens is 1. The summed E-state index contributed by atoms with van der Waals surface area (Å²) in [4.78, 5) is 37.9. The Balaban J connectivity index is 1.98. The van der Waals surface area contributed by atoms with E-state index in [1.807, 2.05) is 0 Å². The maximum atomic E-state index is 12.7. The van der Waals surface area contributed by atoms with E-state index in [0.717, 1.165) is 4.90 Å². The molecule has 126 valence electrons. The summed E-state index contributed by atoms with van der Waals surface area (Å²) in [6.45, 7) is 0. The van der Waals surface area contributed by atoms with E-state index >= 15 is 0 Å². The second-order valence-corrected chi connectivity index (χ2v) is 6.13. The van der Waals surface area contributed by atoms with Crippen molar-refractivity contribution in [1.82, 2.24) is 5.32 Å². The van der Waals surface area contributed by atoms with Crippen LogP contribution in [-0.4, -0.2) is 25.0 Å². The van der Waals surface area contributed by atoms with Crippen LogP contribution in [0, 0.1) is 0 Å². The molecule has 0 atom stereocenters. The Kier molecular flexibility index (Phi) is 4.67. The highest BCUT2D eigenvalue weighted by molar-refractivity contribution is 9.10. The molecule has 0 bridgehead atoms. The van der Waals surface area contributed by atoms with Gasteiger partial charge in [-0.2, -0.15) is 0 Å². The summed E-state index contributed by atoms with van der Waals surface area (Å²) >= 11 is 3.30. The summed E-state index contributed by atoms with van der Waals surface area (Å²) in [5.41, 5.74) is 0.887. The first-order valence-corrected chi connectivity index (χ1v) is 8.10. The number of imide groups is 2. The van der Waals surface area contributed by atoms with Gasteiger partial charge in [0, 0.05) is 4.47 Å². The number of carbonyl (C=O) groups excluding carboxylic acids is 3. The minimum atomic E-state index is -0.778. The van der Waals surface area contributed by atoms with Gasteiger partial charge in [0.05, 0.1) is 12.8 Å². The predicted molar refractivity (Wildman–Crippen MR) is 96.1 cm³/mol. The van der Waals surface area contributed by atoms with Gasteiger partial charge in [-0.1, -0.05) is 34.1 Å². The van der Waals surface area contributed by atoms with Gasteiger partial charge < -0.3 is 4.74 Å². The van der Waals surface area contributed by atoms with Gasteiger partial charge in [-0.25, -0.2) is 9.69 Å². The zero-order valence-electron chi connectivity index (χ0n) is 13.2. The van der Waals surface area contributed by atoms with Gasteiger partial charge in [-0.05, 0) is 42.0 Å². The Labute approximate surface area is 152 Å². The first-order chi connectivity index (χ1) is 12.0. The molecule has 7 heteroatoms. The molecule has 3 rings (SSSR count). The Morgan fingerprint density at radius 1 is 1.08 bits per heavy atom. The third kappa shape index (κ3) is 3.46. The zero-order chi connectivity index (χ0) is 18.0. The largest absolute Gasteiger partial charge is 0.497 e. The minimum Gasteiger partial charge on any atom is -0.497 e. The van der Waals surface area contributed by atoms with Crippen molar-refractivity contribution in [2.24, 2.45) is 0 Å². The number of anilines is 1. The number of nitrogens with zero attached hydrogens (tertiary/aromatic N) is 1. The Morgan fingerprint density at radius 3 is 2.44 bits per heavy atom. The molecular weight excluding hydrogens is 388 g/mol. The van der Waals surface area contributed by atoms with Crippen LogP contribution in [0.2, 0.25) is 0 Å². The fourth-order valence-electron chi connectivity index (χ4n) is 2.37. The normalized spacial score (nSPS) is 16.2. The standard InChI is InChI=1S/C18H13BrN2O4/c1-25-14-7-5-11(6-8-14)9-15-16(22)20-18(24)21(17(15)23)13-4-2-3-12(19)10-13/h2-10H,1H3,(H,20,22,24)/b15-9+. The molecule has 1 saturated heterocycles. The molecule has 1 aliphatic heterocycles. The van der Waals surface area contributed by atoms with Crippen molar-refractivity contribution >= 4 is 45.5 Å². The summed E-state index contributed by atoms with van der Waals surface area (Å²) in [5.74, 6) is -0.743. The van der Waals surface area contributed by atoms with Gasteiger partial charge in [0.25, 0.3) is 11.8 Å². The van der Waals surface area contributed by atoms with Gasteiger partial charge in [-0.3, -0.25) is 14.9 Å². The first-order valence-electron chi connectivity index (χ1n) is 7.30. The van der Waals surface area contributed by atoms with Crippen molar-refractivity contribution in [1.29, 1.82) is 0 Å². The van der Waals surface area contributed by atoms with E-state index in [9.17, 15) is 14.4 Å². The molecular formula is C18H13BrN2O4. The fourth-order valence-corrected chi connectivity index (χ4v) is 2.76. The number of nitrogens with one attached hydrogen (secondary N) is 1. The third-order valence-corrected chi connectivity index (χ3v) is 4.09. The number of amides is 4. The molecule has 1 aliphatic rings. The van der Waals surface area contributed by atoms with Crippen LogP contribution in [0.3, 0.4) is 0 Å². The number of carbonyl (C=O) groups is 3. The number of methoxy groups -OCH3 is 1. The summed E-state index contributed by atoms with van der Waals surface area (Å²) < 4.78 is 5.79. The first kappa shape index (κ1) is 16.9. The molecule has 4 amide bonds. The van der Waals surface area contributed by atoms with Crippen LogP contribution in [0.5, 0.6) is 5.75 Å². The van der Waals surface area contributed by atoms with Crippen molar-refractivity contribution in [3.63, 3.8) is 0 Å². The molecule has 1 N–H and O–H groups in total. The van der Waals surface area contributed by atoms with Crippen LogP contribution in [0.1, 0.15) is 5.56 Å². The number of hydrogen-bond acceptors (Lipinski definition) is 4. The topological polar surface area (TPSA) is 75.7 Å². The Bertz CT molecular complexity index is 890. The second kappa shape index (κ2) is 6.90. The number of hydrogen-bond donors (Lipinski definition) is 1. The van der Waals surface area contributed by atoms with Crippen molar-refractivity contribution in [3.05, 3.63) is 64.1 Å². The highest BCUT2D eigenvalue weighted by atomic mass is 79.9. The lowest BCUT2D eigenvalue weighted by molar-refractivity contribution is -0.122. The lowest BCUT2D eigenvalue weighted by Crippen LogP contribution is -2.54. The van der Waals surface area contributed by atoms with Crippen molar-refractivity contribution in [2.75, 3.05) is 12.0 Å². The van der Waals surface area contributed by atoms with Gasteiger partial charge >= 0.3 is 6.03 Å². The molecule has 0 saturated carbocycles. The van der Waals surface area contributed by atoms with Gasteiger partial charge in [-0.15, -0.1) is 0 Å². The van der Waals surface area contributed by atoms with Crippen LogP contribution < -0.4 is 15.0 Å². The Hall–Kier alpha value is -2.93. The van der Waals surface area contributed by atoms with E-state index in [0.29, 0.717) is 21.5 Å². The van der Waals surface area contributed by atoms with Crippen LogP contribution in [0.15, 0.2) is 58.6 Å². The minimum absolute atomic E-state index is 0.121. The SMILES string of the molecule is COc1ccc(/C=C2\C(=O)NC(=O)N(c3cccc(Br)c3)C2=O)cc1. The van der Waals surface area contributed by atoms with Crippen LogP contribution in [0.25, 0.3) is 6.08 Å². The number of rotatable bonds is 3. The van der Waals surface area contributed by atoms with Gasteiger partial charge in [0.2, 0.25) is 0 Å². The van der Waals surface area contributed by atoms with Gasteiger partial charge in [0.1, 0.15) is 11.3 Å². The molecule has 1 heterocycles. The smallest absolute Gasteiger partial charge is 0.335 e. The van der Waals surface area contributed by atoms with Crippen molar-refractivity contribution < 1.29 is 19.1 Å². The molecule has 0 radical (unpaired) electrons. The van der Waals surface area contributed by atoms with E-state index in [4.69, 9.17) is 4.74 Å². The Morgan fingerprint density at radius 2 is 1.80 bits per heavy atom. The average Bonchev–Trinajstić information content (AvgIpc) is 2.59. The van der Waals surface area contributed by atoms with Crippen molar-refractivity contribution in [2.45, 2.75) is 0 Å². The van der Waals surface area contributed by atoms with Gasteiger partial charge in [0.15, 0.2) is 0 Å².